The first-order chi connectivity index (χ1) is 13.6. The van der Waals surface area contributed by atoms with Crippen molar-refractivity contribution in [3.63, 3.8) is 0 Å². The van der Waals surface area contributed by atoms with E-state index in [1.165, 1.54) is 0 Å². The van der Waals surface area contributed by atoms with Crippen LogP contribution in [0, 0.1) is 13.8 Å². The summed E-state index contributed by atoms with van der Waals surface area (Å²) in [5.74, 6) is -3.28. The molecule has 1 aromatic heterocycles. The minimum absolute atomic E-state index is 0.363. The number of carbonyl (C=O) groups excluding carboxylic acids is 2. The highest BCUT2D eigenvalue weighted by Crippen LogP contribution is 2.28. The number of halogens is 3. The summed E-state index contributed by atoms with van der Waals surface area (Å²) in [6.07, 6.45) is -4.85. The molecule has 3 N–H and O–H groups in total. The number of benzene rings is 2. The second-order valence-corrected chi connectivity index (χ2v) is 6.45. The van der Waals surface area contributed by atoms with Gasteiger partial charge in [0.25, 0.3) is 11.8 Å². The molecule has 0 spiro atoms. The quantitative estimate of drug-likeness (QED) is 0.598. The highest BCUT2D eigenvalue weighted by molar-refractivity contribution is 6.13. The number of hydrogen-bond acceptors (Lipinski definition) is 3. The van der Waals surface area contributed by atoms with Gasteiger partial charge in [0.15, 0.2) is 5.69 Å². The fraction of sp³-hybridized carbons (Fsp3) is 0.150. The second kappa shape index (κ2) is 7.78. The summed E-state index contributed by atoms with van der Waals surface area (Å²) in [4.78, 5) is 30.3. The van der Waals surface area contributed by atoms with Gasteiger partial charge in [-0.05, 0) is 38.1 Å². The van der Waals surface area contributed by atoms with E-state index in [2.05, 4.69) is 15.6 Å². The number of carbonyl (C=O) groups is 2. The summed E-state index contributed by atoms with van der Waals surface area (Å²) < 4.78 is 39.3. The number of nitrogens with one attached hydrogen (secondary N) is 3. The van der Waals surface area contributed by atoms with E-state index in [4.69, 9.17) is 0 Å². The maximum atomic E-state index is 13.1. The molecule has 9 heteroatoms. The Hall–Kier alpha value is -3.62. The molecular formula is C20H17F3N4O2. The molecule has 0 aliphatic carbocycles. The number of aromatic nitrogens is 2. The van der Waals surface area contributed by atoms with Gasteiger partial charge >= 0.3 is 6.18 Å². The molecule has 2 aromatic carbocycles. The molecule has 29 heavy (non-hydrogen) atoms. The standard InChI is InChI=1S/C20H17F3N4O2/c1-11-3-7-13(8-4-11)24-17(28)15-16(27-19(26-15)20(21,22)23)18(29)25-14-9-5-12(2)6-10-14/h3-10H,1-2H3,(H,24,28)(H,25,29)(H,26,27). The van der Waals surface area contributed by atoms with Gasteiger partial charge in [-0.25, -0.2) is 4.98 Å². The van der Waals surface area contributed by atoms with Gasteiger partial charge < -0.3 is 15.6 Å². The lowest BCUT2D eigenvalue weighted by atomic mass is 10.2. The first kappa shape index (κ1) is 20.1. The Balaban J connectivity index is 1.91. The van der Waals surface area contributed by atoms with Gasteiger partial charge in [-0.2, -0.15) is 13.2 Å². The molecule has 0 atom stereocenters. The maximum absolute atomic E-state index is 13.1. The van der Waals surface area contributed by atoms with Crippen LogP contribution in [0.25, 0.3) is 0 Å². The lowest BCUT2D eigenvalue weighted by molar-refractivity contribution is -0.144. The smallest absolute Gasteiger partial charge is 0.330 e. The average Bonchev–Trinajstić information content (AvgIpc) is 3.12. The molecule has 0 saturated heterocycles. The van der Waals surface area contributed by atoms with E-state index in [0.29, 0.717) is 11.4 Å². The number of imidazole rings is 1. The van der Waals surface area contributed by atoms with Crippen molar-refractivity contribution in [2.24, 2.45) is 0 Å². The Bertz CT molecular complexity index is 962. The van der Waals surface area contributed by atoms with Gasteiger partial charge in [0.05, 0.1) is 0 Å². The van der Waals surface area contributed by atoms with Crippen LogP contribution in [0.2, 0.25) is 0 Å². The highest BCUT2D eigenvalue weighted by Gasteiger charge is 2.38. The van der Waals surface area contributed by atoms with Crippen LogP contribution < -0.4 is 10.6 Å². The Morgan fingerprint density at radius 2 is 1.28 bits per heavy atom. The third-order valence-electron chi connectivity index (χ3n) is 4.03. The number of H-pyrrole nitrogens is 1. The van der Waals surface area contributed by atoms with Crippen molar-refractivity contribution in [1.82, 2.24) is 9.97 Å². The Kier molecular flexibility index (Phi) is 5.40. The fourth-order valence-electron chi connectivity index (χ4n) is 2.49. The number of amides is 2. The largest absolute Gasteiger partial charge is 0.449 e. The van der Waals surface area contributed by atoms with Crippen molar-refractivity contribution in [2.45, 2.75) is 20.0 Å². The van der Waals surface area contributed by atoms with Crippen molar-refractivity contribution in [3.05, 3.63) is 76.9 Å². The number of rotatable bonds is 4. The Morgan fingerprint density at radius 3 is 1.72 bits per heavy atom. The summed E-state index contributed by atoms with van der Waals surface area (Å²) in [7, 11) is 0. The van der Waals surface area contributed by atoms with Crippen molar-refractivity contribution in [3.8, 4) is 0 Å². The SMILES string of the molecule is Cc1ccc(NC(=O)c2nc(C(F)(F)F)[nH]c2C(=O)Nc2ccc(C)cc2)cc1. The van der Waals surface area contributed by atoms with Gasteiger partial charge in [-0.1, -0.05) is 35.4 Å². The van der Waals surface area contributed by atoms with Crippen LogP contribution in [-0.2, 0) is 6.18 Å². The monoisotopic (exact) mass is 402 g/mol. The zero-order valence-corrected chi connectivity index (χ0v) is 15.5. The predicted octanol–water partition coefficient (Wildman–Crippen LogP) is 4.55. The molecule has 0 unspecified atom stereocenters. The summed E-state index contributed by atoms with van der Waals surface area (Å²) in [5.41, 5.74) is 1.39. The average molecular weight is 402 g/mol. The Morgan fingerprint density at radius 1 is 0.828 bits per heavy atom. The molecule has 0 bridgehead atoms. The zero-order chi connectivity index (χ0) is 21.2. The maximum Gasteiger partial charge on any atom is 0.449 e. The van der Waals surface area contributed by atoms with E-state index in [1.807, 2.05) is 18.8 Å². The molecule has 1 heterocycles. The number of hydrogen-bond donors (Lipinski definition) is 3. The van der Waals surface area contributed by atoms with Gasteiger partial charge in [-0.15, -0.1) is 0 Å². The molecule has 150 valence electrons. The van der Waals surface area contributed by atoms with Gasteiger partial charge in [-0.3, -0.25) is 9.59 Å². The van der Waals surface area contributed by atoms with Gasteiger partial charge in [0, 0.05) is 11.4 Å². The number of anilines is 2. The third-order valence-corrected chi connectivity index (χ3v) is 4.03. The molecule has 0 fully saturated rings. The lowest BCUT2D eigenvalue weighted by Gasteiger charge is -2.07. The molecule has 3 rings (SSSR count). The van der Waals surface area contributed by atoms with E-state index < -0.39 is 35.2 Å². The van der Waals surface area contributed by atoms with E-state index in [9.17, 15) is 22.8 Å². The molecule has 0 aliphatic rings. The third kappa shape index (κ3) is 4.81. The second-order valence-electron chi connectivity index (χ2n) is 6.45. The first-order valence-electron chi connectivity index (χ1n) is 8.57. The van der Waals surface area contributed by atoms with Gasteiger partial charge in [0.1, 0.15) is 5.69 Å². The van der Waals surface area contributed by atoms with Crippen LogP contribution in [0.15, 0.2) is 48.5 Å². The highest BCUT2D eigenvalue weighted by atomic mass is 19.4. The van der Waals surface area contributed by atoms with Crippen LogP contribution in [0.4, 0.5) is 24.5 Å². The molecule has 2 amide bonds. The summed E-state index contributed by atoms with van der Waals surface area (Å²) in [6, 6.07) is 13.3. The normalized spacial score (nSPS) is 11.2. The van der Waals surface area contributed by atoms with E-state index in [0.717, 1.165) is 11.1 Å². The van der Waals surface area contributed by atoms with Crippen molar-refractivity contribution < 1.29 is 22.8 Å². The fourth-order valence-corrected chi connectivity index (χ4v) is 2.49. The van der Waals surface area contributed by atoms with Crippen LogP contribution in [0.5, 0.6) is 0 Å². The Labute approximate surface area is 164 Å². The topological polar surface area (TPSA) is 86.9 Å². The van der Waals surface area contributed by atoms with Gasteiger partial charge in [0.2, 0.25) is 5.82 Å². The molecular weight excluding hydrogens is 385 g/mol. The van der Waals surface area contributed by atoms with Crippen molar-refractivity contribution in [1.29, 1.82) is 0 Å². The van der Waals surface area contributed by atoms with Crippen molar-refractivity contribution >= 4 is 23.2 Å². The molecule has 6 nitrogen and oxygen atoms in total. The number of aryl methyl sites for hydroxylation is 2. The molecule has 0 aliphatic heterocycles. The van der Waals surface area contributed by atoms with Crippen molar-refractivity contribution in [2.75, 3.05) is 10.6 Å². The minimum Gasteiger partial charge on any atom is -0.330 e. The first-order valence-corrected chi connectivity index (χ1v) is 8.57. The van der Waals surface area contributed by atoms with Crippen LogP contribution in [0.3, 0.4) is 0 Å². The number of alkyl halides is 3. The van der Waals surface area contributed by atoms with Crippen LogP contribution >= 0.6 is 0 Å². The minimum atomic E-state index is -4.85. The zero-order valence-electron chi connectivity index (χ0n) is 15.5. The summed E-state index contributed by atoms with van der Waals surface area (Å²) in [6.45, 7) is 3.70. The molecule has 3 aromatic rings. The summed E-state index contributed by atoms with van der Waals surface area (Å²) >= 11 is 0. The molecule has 0 saturated carbocycles. The summed E-state index contributed by atoms with van der Waals surface area (Å²) in [5, 5.41) is 4.91. The van der Waals surface area contributed by atoms with E-state index in [1.54, 1.807) is 48.5 Å². The number of aromatic amines is 1. The van der Waals surface area contributed by atoms with E-state index in [-0.39, 0.29) is 0 Å². The van der Waals surface area contributed by atoms with Crippen LogP contribution in [0.1, 0.15) is 37.9 Å². The van der Waals surface area contributed by atoms with Crippen LogP contribution in [-0.4, -0.2) is 21.8 Å². The number of nitrogens with zero attached hydrogens (tertiary/aromatic N) is 1. The predicted molar refractivity (Wildman–Crippen MR) is 102 cm³/mol. The van der Waals surface area contributed by atoms with E-state index >= 15 is 0 Å². The molecule has 0 radical (unpaired) electrons. The lowest BCUT2D eigenvalue weighted by Crippen LogP contribution is -2.20.